The summed E-state index contributed by atoms with van der Waals surface area (Å²) in [6.45, 7) is 3.13. The highest BCUT2D eigenvalue weighted by molar-refractivity contribution is 9.12. The fourth-order valence-electron chi connectivity index (χ4n) is 5.03. The lowest BCUT2D eigenvalue weighted by Crippen LogP contribution is -2.43. The third kappa shape index (κ3) is 6.07. The van der Waals surface area contributed by atoms with Crippen molar-refractivity contribution in [2.45, 2.75) is 64.0 Å². The molecule has 1 atom stereocenters. The van der Waals surface area contributed by atoms with Crippen LogP contribution in [0.15, 0.2) is 63.7 Å². The number of rotatable bonds is 6. The van der Waals surface area contributed by atoms with Gasteiger partial charge in [0.1, 0.15) is 5.82 Å². The molecule has 3 aliphatic rings. The molecule has 3 N–H and O–H groups in total. The summed E-state index contributed by atoms with van der Waals surface area (Å²) in [4.78, 5) is 11.9. The Labute approximate surface area is 194 Å². The number of aliphatic imine (C=N–C) groups is 1. The van der Waals surface area contributed by atoms with Gasteiger partial charge in [0.25, 0.3) is 0 Å². The number of aromatic nitrogens is 1. The summed E-state index contributed by atoms with van der Waals surface area (Å²) in [6.07, 6.45) is 20.2. The van der Waals surface area contributed by atoms with Gasteiger partial charge in [0.05, 0.1) is 10.2 Å². The molecule has 1 saturated carbocycles. The second-order valence-corrected chi connectivity index (χ2v) is 9.71. The van der Waals surface area contributed by atoms with Crippen molar-refractivity contribution in [2.75, 3.05) is 13.1 Å². The number of hydrogen-bond acceptors (Lipinski definition) is 5. The number of nitrogens with one attached hydrogen (secondary N) is 1. The van der Waals surface area contributed by atoms with Gasteiger partial charge >= 0.3 is 0 Å². The predicted octanol–water partition coefficient (Wildman–Crippen LogP) is 5.02. The SMILES string of the molecule is NC=C(Br)C1=NC(NCc2cccnc2)=CC(C2CCCN(C3CCCCC3)C2)=CC1. The molecule has 31 heavy (non-hydrogen) atoms. The predicted molar refractivity (Wildman–Crippen MR) is 132 cm³/mol. The average molecular weight is 484 g/mol. The van der Waals surface area contributed by atoms with Crippen LogP contribution < -0.4 is 11.1 Å². The Balaban J connectivity index is 1.50. The second kappa shape index (κ2) is 11.1. The first-order chi connectivity index (χ1) is 15.2. The number of piperidine rings is 1. The summed E-state index contributed by atoms with van der Waals surface area (Å²) in [5.74, 6) is 1.47. The largest absolute Gasteiger partial charge is 0.404 e. The number of halogens is 1. The van der Waals surface area contributed by atoms with Crippen LogP contribution in [-0.2, 0) is 6.54 Å². The summed E-state index contributed by atoms with van der Waals surface area (Å²) in [7, 11) is 0. The summed E-state index contributed by atoms with van der Waals surface area (Å²) in [5.41, 5.74) is 9.29. The zero-order valence-electron chi connectivity index (χ0n) is 18.3. The monoisotopic (exact) mass is 483 g/mol. The lowest BCUT2D eigenvalue weighted by Gasteiger charge is -2.40. The van der Waals surface area contributed by atoms with Gasteiger partial charge in [-0.3, -0.25) is 9.88 Å². The van der Waals surface area contributed by atoms with E-state index in [1.807, 2.05) is 12.3 Å². The summed E-state index contributed by atoms with van der Waals surface area (Å²) in [6, 6.07) is 4.84. The zero-order valence-corrected chi connectivity index (χ0v) is 19.9. The number of allylic oxidation sites excluding steroid dienone is 3. The van der Waals surface area contributed by atoms with Gasteiger partial charge in [-0.15, -0.1) is 0 Å². The van der Waals surface area contributed by atoms with Crippen molar-refractivity contribution in [3.05, 3.63) is 64.3 Å². The van der Waals surface area contributed by atoms with E-state index in [4.69, 9.17) is 10.7 Å². The van der Waals surface area contributed by atoms with Gasteiger partial charge in [0, 0.05) is 44.1 Å². The van der Waals surface area contributed by atoms with Gasteiger partial charge in [-0.05, 0) is 77.4 Å². The fraction of sp³-hybridized carbons (Fsp3) is 0.520. The molecule has 2 aliphatic heterocycles. The van der Waals surface area contributed by atoms with Crippen LogP contribution in [0.4, 0.5) is 0 Å². The number of nitrogens with zero attached hydrogens (tertiary/aromatic N) is 3. The Morgan fingerprint density at radius 1 is 1.23 bits per heavy atom. The first kappa shape index (κ1) is 22.3. The van der Waals surface area contributed by atoms with E-state index in [1.54, 1.807) is 12.4 Å². The van der Waals surface area contributed by atoms with E-state index in [9.17, 15) is 0 Å². The van der Waals surface area contributed by atoms with Crippen molar-refractivity contribution in [3.63, 3.8) is 0 Å². The van der Waals surface area contributed by atoms with E-state index in [0.717, 1.165) is 34.0 Å². The van der Waals surface area contributed by atoms with Crippen LogP contribution >= 0.6 is 15.9 Å². The van der Waals surface area contributed by atoms with Crippen LogP contribution in [0.1, 0.15) is 56.9 Å². The van der Waals surface area contributed by atoms with Gasteiger partial charge in [0.2, 0.25) is 0 Å². The summed E-state index contributed by atoms with van der Waals surface area (Å²) in [5, 5.41) is 3.52. The Bertz CT molecular complexity index is 852. The minimum absolute atomic E-state index is 0.570. The van der Waals surface area contributed by atoms with Crippen LogP contribution in [0, 0.1) is 5.92 Å². The maximum absolute atomic E-state index is 5.78. The molecule has 1 aliphatic carbocycles. The maximum Gasteiger partial charge on any atom is 0.126 e. The first-order valence-electron chi connectivity index (χ1n) is 11.7. The molecule has 0 amide bonds. The van der Waals surface area contributed by atoms with Crippen LogP contribution in [0.3, 0.4) is 0 Å². The third-order valence-electron chi connectivity index (χ3n) is 6.72. The molecule has 5 nitrogen and oxygen atoms in total. The molecule has 166 valence electrons. The van der Waals surface area contributed by atoms with Crippen molar-refractivity contribution in [2.24, 2.45) is 16.6 Å². The first-order valence-corrected chi connectivity index (χ1v) is 12.5. The molecule has 1 aromatic heterocycles. The Kier molecular flexibility index (Phi) is 7.97. The third-order valence-corrected chi connectivity index (χ3v) is 7.45. The van der Waals surface area contributed by atoms with Crippen LogP contribution in [0.25, 0.3) is 0 Å². The minimum atomic E-state index is 0.570. The molecular formula is C25H34BrN5. The molecule has 0 radical (unpaired) electrons. The second-order valence-electron chi connectivity index (χ2n) is 8.85. The quantitative estimate of drug-likeness (QED) is 0.595. The Morgan fingerprint density at radius 3 is 2.87 bits per heavy atom. The van der Waals surface area contributed by atoms with Crippen LogP contribution in [0.5, 0.6) is 0 Å². The highest BCUT2D eigenvalue weighted by Crippen LogP contribution is 2.32. The summed E-state index contributed by atoms with van der Waals surface area (Å²) < 4.78 is 0.853. The molecule has 0 spiro atoms. The molecule has 1 unspecified atom stereocenters. The molecular weight excluding hydrogens is 450 g/mol. The zero-order chi connectivity index (χ0) is 21.5. The van der Waals surface area contributed by atoms with E-state index in [1.165, 1.54) is 63.6 Å². The molecule has 1 aromatic rings. The number of likely N-dealkylation sites (tertiary alicyclic amines) is 1. The molecule has 0 aromatic carbocycles. The lowest BCUT2D eigenvalue weighted by molar-refractivity contribution is 0.109. The van der Waals surface area contributed by atoms with Gasteiger partial charge in [-0.25, -0.2) is 4.99 Å². The van der Waals surface area contributed by atoms with Gasteiger partial charge in [0.15, 0.2) is 0 Å². The smallest absolute Gasteiger partial charge is 0.126 e. The summed E-state index contributed by atoms with van der Waals surface area (Å²) >= 11 is 3.58. The van der Waals surface area contributed by atoms with Crippen molar-refractivity contribution < 1.29 is 0 Å². The van der Waals surface area contributed by atoms with Crippen molar-refractivity contribution in [1.29, 1.82) is 0 Å². The van der Waals surface area contributed by atoms with Gasteiger partial charge in [-0.1, -0.05) is 31.4 Å². The van der Waals surface area contributed by atoms with Crippen LogP contribution in [0.2, 0.25) is 0 Å². The van der Waals surface area contributed by atoms with Crippen molar-refractivity contribution in [3.8, 4) is 0 Å². The molecule has 6 heteroatoms. The molecule has 2 fully saturated rings. The van der Waals surface area contributed by atoms with E-state index >= 15 is 0 Å². The molecule has 0 bridgehead atoms. The molecule has 3 heterocycles. The Morgan fingerprint density at radius 2 is 2.10 bits per heavy atom. The van der Waals surface area contributed by atoms with Crippen molar-refractivity contribution >= 4 is 21.6 Å². The standard InChI is InChI=1S/C25H34BrN5/c26-23(15-27)24-11-10-20(14-25(30-24)29-17-19-6-4-12-28-16-19)21-7-5-13-31(18-21)22-8-2-1-3-9-22/h4,6,10,12,14-16,21-22,29H,1-3,5,7-9,11,13,17-18,27H2. The maximum atomic E-state index is 5.78. The average Bonchev–Trinajstić information content (AvgIpc) is 3.06. The Hall–Kier alpha value is -1.92. The van der Waals surface area contributed by atoms with E-state index in [0.29, 0.717) is 12.5 Å². The normalized spacial score (nSPS) is 24.1. The number of hydrogen-bond donors (Lipinski definition) is 2. The van der Waals surface area contributed by atoms with Gasteiger partial charge in [-0.2, -0.15) is 0 Å². The van der Waals surface area contributed by atoms with E-state index < -0.39 is 0 Å². The highest BCUT2D eigenvalue weighted by atomic mass is 79.9. The number of pyridine rings is 1. The lowest BCUT2D eigenvalue weighted by atomic mass is 9.86. The van der Waals surface area contributed by atoms with E-state index in [2.05, 4.69) is 49.3 Å². The van der Waals surface area contributed by atoms with E-state index in [-0.39, 0.29) is 0 Å². The topological polar surface area (TPSA) is 66.5 Å². The fourth-order valence-corrected chi connectivity index (χ4v) is 5.28. The molecule has 1 saturated heterocycles. The van der Waals surface area contributed by atoms with Gasteiger partial charge < -0.3 is 11.1 Å². The van der Waals surface area contributed by atoms with Crippen LogP contribution in [-0.4, -0.2) is 34.7 Å². The highest BCUT2D eigenvalue weighted by Gasteiger charge is 2.28. The number of nitrogens with two attached hydrogens (primary N) is 1. The minimum Gasteiger partial charge on any atom is -0.404 e. The molecule has 4 rings (SSSR count). The van der Waals surface area contributed by atoms with Crippen molar-refractivity contribution in [1.82, 2.24) is 15.2 Å².